The molecule has 0 aliphatic carbocycles. The lowest BCUT2D eigenvalue weighted by molar-refractivity contribution is 0.112. The normalized spacial score (nSPS) is 11.7. The van der Waals surface area contributed by atoms with E-state index in [2.05, 4.69) is 104 Å². The maximum atomic E-state index is 11.2. The fourth-order valence-corrected chi connectivity index (χ4v) is 5.19. The SMILES string of the molecule is C1CCOC1.C=Cc1cc(-c2ccccc2)cc(-c2ccccc2)c1.O=Cc1cc(-c2ccccc2)cc(-c2ccccc2)c1. The predicted octanol–water partition coefficient (Wildman–Crippen LogP) is 11.3. The molecule has 7 rings (SSSR count). The van der Waals surface area contributed by atoms with E-state index in [-0.39, 0.29) is 0 Å². The van der Waals surface area contributed by atoms with Crippen LogP contribution in [0.2, 0.25) is 0 Å². The summed E-state index contributed by atoms with van der Waals surface area (Å²) in [6.45, 7) is 5.90. The maximum absolute atomic E-state index is 11.2. The van der Waals surface area contributed by atoms with Gasteiger partial charge in [-0.1, -0.05) is 134 Å². The number of hydrogen-bond acceptors (Lipinski definition) is 2. The first-order valence-corrected chi connectivity index (χ1v) is 15.4. The van der Waals surface area contributed by atoms with Gasteiger partial charge in [-0.2, -0.15) is 0 Å². The van der Waals surface area contributed by atoms with Gasteiger partial charge in [0.05, 0.1) is 0 Å². The molecule has 6 aromatic rings. The molecule has 0 aromatic heterocycles. The van der Waals surface area contributed by atoms with Gasteiger partial charge in [0, 0.05) is 18.8 Å². The van der Waals surface area contributed by atoms with Crippen molar-refractivity contribution in [2.75, 3.05) is 13.2 Å². The highest BCUT2D eigenvalue weighted by Gasteiger charge is 2.05. The summed E-state index contributed by atoms with van der Waals surface area (Å²) in [5, 5.41) is 0. The number of aldehydes is 1. The Morgan fingerprint density at radius 3 is 0.978 bits per heavy atom. The lowest BCUT2D eigenvalue weighted by Gasteiger charge is -2.08. The Kier molecular flexibility index (Phi) is 11.4. The minimum absolute atomic E-state index is 0.699. The lowest BCUT2D eigenvalue weighted by atomic mass is 9.96. The molecule has 0 spiro atoms. The van der Waals surface area contributed by atoms with E-state index < -0.39 is 0 Å². The molecular formula is C43H38O2. The Bertz CT molecular complexity index is 1520. The topological polar surface area (TPSA) is 26.3 Å². The number of carbonyl (C=O) groups excluding carboxylic acids is 1. The molecule has 0 bridgehead atoms. The van der Waals surface area contributed by atoms with E-state index in [0.717, 1.165) is 47.3 Å². The van der Waals surface area contributed by atoms with Crippen molar-refractivity contribution in [1.82, 2.24) is 0 Å². The van der Waals surface area contributed by atoms with E-state index in [9.17, 15) is 4.79 Å². The van der Waals surface area contributed by atoms with E-state index in [1.54, 1.807) is 0 Å². The van der Waals surface area contributed by atoms with Crippen LogP contribution < -0.4 is 0 Å². The van der Waals surface area contributed by atoms with Crippen molar-refractivity contribution in [2.24, 2.45) is 0 Å². The molecule has 45 heavy (non-hydrogen) atoms. The minimum atomic E-state index is 0.699. The molecule has 0 atom stereocenters. The van der Waals surface area contributed by atoms with Gasteiger partial charge in [-0.25, -0.2) is 0 Å². The highest BCUT2D eigenvalue weighted by molar-refractivity contribution is 5.84. The summed E-state index contributed by atoms with van der Waals surface area (Å²) >= 11 is 0. The Balaban J connectivity index is 0.000000154. The molecule has 0 N–H and O–H groups in total. The van der Waals surface area contributed by atoms with Crippen LogP contribution in [0.4, 0.5) is 0 Å². The fraction of sp³-hybridized carbons (Fsp3) is 0.0930. The van der Waals surface area contributed by atoms with Gasteiger partial charge < -0.3 is 4.74 Å². The van der Waals surface area contributed by atoms with E-state index in [1.165, 1.54) is 35.1 Å². The molecule has 0 unspecified atom stereocenters. The van der Waals surface area contributed by atoms with Gasteiger partial charge in [-0.3, -0.25) is 4.79 Å². The summed E-state index contributed by atoms with van der Waals surface area (Å²) in [7, 11) is 0. The monoisotopic (exact) mass is 586 g/mol. The van der Waals surface area contributed by atoms with Crippen molar-refractivity contribution >= 4 is 12.4 Å². The van der Waals surface area contributed by atoms with Crippen LogP contribution >= 0.6 is 0 Å². The van der Waals surface area contributed by atoms with Crippen LogP contribution in [0.5, 0.6) is 0 Å². The van der Waals surface area contributed by atoms with E-state index in [0.29, 0.717) is 5.56 Å². The molecule has 6 aromatic carbocycles. The van der Waals surface area contributed by atoms with Crippen molar-refractivity contribution < 1.29 is 9.53 Å². The van der Waals surface area contributed by atoms with Crippen LogP contribution in [0, 0.1) is 0 Å². The zero-order valence-electron chi connectivity index (χ0n) is 25.5. The van der Waals surface area contributed by atoms with Crippen molar-refractivity contribution in [3.8, 4) is 44.5 Å². The fourth-order valence-electron chi connectivity index (χ4n) is 5.19. The lowest BCUT2D eigenvalue weighted by Crippen LogP contribution is -1.87. The van der Waals surface area contributed by atoms with Gasteiger partial charge in [0.15, 0.2) is 0 Å². The maximum Gasteiger partial charge on any atom is 0.150 e. The number of ether oxygens (including phenoxy) is 1. The predicted molar refractivity (Wildman–Crippen MR) is 190 cm³/mol. The Morgan fingerprint density at radius 1 is 0.422 bits per heavy atom. The van der Waals surface area contributed by atoms with Gasteiger partial charge in [0.1, 0.15) is 6.29 Å². The molecule has 1 fully saturated rings. The Hall–Kier alpha value is -5.31. The first kappa shape index (κ1) is 31.1. The van der Waals surface area contributed by atoms with Gasteiger partial charge in [0.2, 0.25) is 0 Å². The molecule has 0 amide bonds. The summed E-state index contributed by atoms with van der Waals surface area (Å²) < 4.78 is 4.94. The van der Waals surface area contributed by atoms with E-state index in [1.807, 2.05) is 66.7 Å². The molecule has 0 saturated carbocycles. The van der Waals surface area contributed by atoms with Crippen LogP contribution in [0.3, 0.4) is 0 Å². The zero-order valence-corrected chi connectivity index (χ0v) is 25.5. The number of rotatable bonds is 6. The summed E-state index contributed by atoms with van der Waals surface area (Å²) in [4.78, 5) is 11.2. The van der Waals surface area contributed by atoms with Crippen molar-refractivity contribution in [3.63, 3.8) is 0 Å². The summed E-state index contributed by atoms with van der Waals surface area (Å²) in [6.07, 6.45) is 5.36. The van der Waals surface area contributed by atoms with Crippen LogP contribution in [0.15, 0.2) is 164 Å². The van der Waals surface area contributed by atoms with Gasteiger partial charge >= 0.3 is 0 Å². The molecule has 1 heterocycles. The average Bonchev–Trinajstić information content (AvgIpc) is 3.74. The minimum Gasteiger partial charge on any atom is -0.381 e. The summed E-state index contributed by atoms with van der Waals surface area (Å²) in [5.74, 6) is 0. The molecule has 1 saturated heterocycles. The molecule has 2 heteroatoms. The first-order valence-electron chi connectivity index (χ1n) is 15.4. The second-order valence-electron chi connectivity index (χ2n) is 10.8. The average molecular weight is 587 g/mol. The molecular weight excluding hydrogens is 548 g/mol. The summed E-state index contributed by atoms with van der Waals surface area (Å²) in [6, 6.07) is 53.7. The third kappa shape index (κ3) is 9.09. The van der Waals surface area contributed by atoms with Crippen LogP contribution in [0.25, 0.3) is 50.6 Å². The Morgan fingerprint density at radius 2 is 0.733 bits per heavy atom. The van der Waals surface area contributed by atoms with Crippen molar-refractivity contribution in [3.05, 3.63) is 175 Å². The molecule has 222 valence electrons. The van der Waals surface area contributed by atoms with E-state index >= 15 is 0 Å². The van der Waals surface area contributed by atoms with Crippen molar-refractivity contribution in [1.29, 1.82) is 0 Å². The van der Waals surface area contributed by atoms with Crippen LogP contribution in [-0.4, -0.2) is 19.5 Å². The third-order valence-electron chi connectivity index (χ3n) is 7.54. The van der Waals surface area contributed by atoms with Crippen LogP contribution in [0.1, 0.15) is 28.8 Å². The third-order valence-corrected chi connectivity index (χ3v) is 7.54. The highest BCUT2D eigenvalue weighted by atomic mass is 16.5. The Labute approximate surface area is 267 Å². The summed E-state index contributed by atoms with van der Waals surface area (Å²) in [5.41, 5.74) is 11.1. The largest absolute Gasteiger partial charge is 0.381 e. The highest BCUT2D eigenvalue weighted by Crippen LogP contribution is 2.29. The van der Waals surface area contributed by atoms with Crippen LogP contribution in [-0.2, 0) is 4.74 Å². The standard InChI is InChI=1S/C20H16.C19H14O.C4H8O/c1-2-16-13-19(17-9-5-3-6-10-17)15-20(14-16)18-11-7-4-8-12-18;20-14-15-11-18(16-7-3-1-4-8-16)13-19(12-15)17-9-5-2-6-10-17;1-2-4-5-3-1/h2-15H,1H2;1-14H;1-4H2. The van der Waals surface area contributed by atoms with Gasteiger partial charge in [-0.15, -0.1) is 0 Å². The van der Waals surface area contributed by atoms with Crippen molar-refractivity contribution in [2.45, 2.75) is 12.8 Å². The van der Waals surface area contributed by atoms with Gasteiger partial charge in [-0.05, 0) is 99.3 Å². The molecule has 2 nitrogen and oxygen atoms in total. The molecule has 1 aliphatic heterocycles. The first-order chi connectivity index (χ1) is 22.2. The number of hydrogen-bond donors (Lipinski definition) is 0. The van der Waals surface area contributed by atoms with Gasteiger partial charge in [0.25, 0.3) is 0 Å². The number of carbonyl (C=O) groups is 1. The van der Waals surface area contributed by atoms with E-state index in [4.69, 9.17) is 4.74 Å². The zero-order chi connectivity index (χ0) is 31.1. The second kappa shape index (κ2) is 16.5. The molecule has 1 aliphatic rings. The second-order valence-corrected chi connectivity index (χ2v) is 10.8. The quantitative estimate of drug-likeness (QED) is 0.181. The smallest absolute Gasteiger partial charge is 0.150 e. The molecule has 0 radical (unpaired) electrons. The number of benzene rings is 6.